The standard InChI is InChI=1S/C9H21NO4Si/c1-4-13-15(3,14-5-2)8-6-7-12-9(10)11/h4-8H2,1-3H3,(H2,10,11). The minimum absolute atomic E-state index is 0.331. The number of hydrogen-bond acceptors (Lipinski definition) is 4. The van der Waals surface area contributed by atoms with Gasteiger partial charge in [0.2, 0.25) is 0 Å². The highest BCUT2D eigenvalue weighted by atomic mass is 28.4. The molecule has 0 unspecified atom stereocenters. The number of rotatable bonds is 8. The van der Waals surface area contributed by atoms with E-state index in [2.05, 4.69) is 4.74 Å². The molecule has 0 aromatic rings. The van der Waals surface area contributed by atoms with Gasteiger partial charge in [-0.3, -0.25) is 0 Å². The summed E-state index contributed by atoms with van der Waals surface area (Å²) in [5, 5.41) is 0. The van der Waals surface area contributed by atoms with E-state index < -0.39 is 14.7 Å². The molecule has 0 radical (unpaired) electrons. The van der Waals surface area contributed by atoms with Crippen LogP contribution >= 0.6 is 0 Å². The number of primary amides is 1. The third-order valence-corrected chi connectivity index (χ3v) is 4.98. The minimum atomic E-state index is -2.05. The van der Waals surface area contributed by atoms with Gasteiger partial charge >= 0.3 is 14.7 Å². The maximum atomic E-state index is 10.3. The summed E-state index contributed by atoms with van der Waals surface area (Å²) >= 11 is 0. The molecule has 0 saturated carbocycles. The van der Waals surface area contributed by atoms with Crippen LogP contribution in [0.5, 0.6) is 0 Å². The Hall–Kier alpha value is -0.593. The molecule has 5 nitrogen and oxygen atoms in total. The molecule has 0 aromatic heterocycles. The van der Waals surface area contributed by atoms with Gasteiger partial charge in [-0.1, -0.05) is 0 Å². The molecule has 0 bridgehead atoms. The Morgan fingerprint density at radius 2 is 1.80 bits per heavy atom. The lowest BCUT2D eigenvalue weighted by Crippen LogP contribution is -2.39. The molecule has 1 amide bonds. The number of amides is 1. The van der Waals surface area contributed by atoms with Crippen LogP contribution in [0, 0.1) is 0 Å². The van der Waals surface area contributed by atoms with Crippen LogP contribution in [-0.2, 0) is 13.6 Å². The summed E-state index contributed by atoms with van der Waals surface area (Å²) in [4.78, 5) is 10.3. The van der Waals surface area contributed by atoms with Crippen LogP contribution in [0.1, 0.15) is 20.3 Å². The lowest BCUT2D eigenvalue weighted by molar-refractivity contribution is 0.151. The molecule has 0 aliphatic rings. The Morgan fingerprint density at radius 1 is 1.27 bits per heavy atom. The molecular weight excluding hydrogens is 214 g/mol. The highest BCUT2D eigenvalue weighted by Crippen LogP contribution is 2.15. The summed E-state index contributed by atoms with van der Waals surface area (Å²) in [6.07, 6.45) is -0.00254. The largest absolute Gasteiger partial charge is 0.450 e. The van der Waals surface area contributed by atoms with Crippen LogP contribution in [-0.4, -0.2) is 34.5 Å². The van der Waals surface area contributed by atoms with Crippen molar-refractivity contribution >= 4 is 14.7 Å². The van der Waals surface area contributed by atoms with E-state index in [-0.39, 0.29) is 0 Å². The Labute approximate surface area is 92.1 Å². The Balaban J connectivity index is 3.79. The first kappa shape index (κ1) is 14.4. The Bertz CT molecular complexity index is 183. The van der Waals surface area contributed by atoms with E-state index in [1.807, 2.05) is 20.4 Å². The van der Waals surface area contributed by atoms with Gasteiger partial charge in [-0.2, -0.15) is 0 Å². The van der Waals surface area contributed by atoms with Crippen LogP contribution in [0.4, 0.5) is 4.79 Å². The molecule has 0 rings (SSSR count). The summed E-state index contributed by atoms with van der Waals surface area (Å²) in [5.41, 5.74) is 4.85. The van der Waals surface area contributed by atoms with Gasteiger partial charge < -0.3 is 19.3 Å². The maximum absolute atomic E-state index is 10.3. The normalized spacial score (nSPS) is 11.4. The highest BCUT2D eigenvalue weighted by Gasteiger charge is 2.29. The van der Waals surface area contributed by atoms with Gasteiger partial charge in [-0.25, -0.2) is 4.79 Å². The molecule has 0 heterocycles. The average molecular weight is 235 g/mol. The quantitative estimate of drug-likeness (QED) is 0.512. The van der Waals surface area contributed by atoms with Crippen LogP contribution in [0.2, 0.25) is 12.6 Å². The second kappa shape index (κ2) is 7.67. The smallest absolute Gasteiger partial charge is 0.404 e. The molecule has 0 fully saturated rings. The lowest BCUT2D eigenvalue weighted by atomic mass is 10.5. The van der Waals surface area contributed by atoms with Crippen LogP contribution in [0.25, 0.3) is 0 Å². The zero-order chi connectivity index (χ0) is 11.7. The number of carbonyl (C=O) groups is 1. The lowest BCUT2D eigenvalue weighted by Gasteiger charge is -2.25. The van der Waals surface area contributed by atoms with Gasteiger partial charge in [0.1, 0.15) is 0 Å². The second-order valence-corrected chi connectivity index (χ2v) is 6.62. The average Bonchev–Trinajstić information content (AvgIpc) is 2.13. The minimum Gasteiger partial charge on any atom is -0.450 e. The number of hydrogen-bond donors (Lipinski definition) is 1. The molecular formula is C9H21NO4Si. The molecule has 0 spiro atoms. The van der Waals surface area contributed by atoms with E-state index in [1.54, 1.807) is 0 Å². The third kappa shape index (κ3) is 7.35. The van der Waals surface area contributed by atoms with Crippen LogP contribution in [0.3, 0.4) is 0 Å². The van der Waals surface area contributed by atoms with Crippen molar-refractivity contribution in [3.63, 3.8) is 0 Å². The molecule has 15 heavy (non-hydrogen) atoms. The molecule has 2 N–H and O–H groups in total. The summed E-state index contributed by atoms with van der Waals surface area (Å²) in [7, 11) is -2.05. The third-order valence-electron chi connectivity index (χ3n) is 1.92. The van der Waals surface area contributed by atoms with Crippen molar-refractivity contribution in [2.24, 2.45) is 5.73 Å². The van der Waals surface area contributed by atoms with Gasteiger partial charge in [0.15, 0.2) is 0 Å². The summed E-state index contributed by atoms with van der Waals surface area (Å²) in [5.74, 6) is 0. The topological polar surface area (TPSA) is 70.8 Å². The SMILES string of the molecule is CCO[Si](C)(CCCOC(N)=O)OCC. The van der Waals surface area contributed by atoms with Gasteiger partial charge in [-0.05, 0) is 32.9 Å². The van der Waals surface area contributed by atoms with E-state index in [9.17, 15) is 4.79 Å². The van der Waals surface area contributed by atoms with E-state index in [0.717, 1.165) is 12.5 Å². The van der Waals surface area contributed by atoms with Crippen molar-refractivity contribution in [1.82, 2.24) is 0 Å². The molecule has 0 aliphatic carbocycles. The first-order chi connectivity index (χ1) is 7.04. The predicted octanol–water partition coefficient (Wildman–Crippen LogP) is 1.62. The number of carbonyl (C=O) groups excluding carboxylic acids is 1. The van der Waals surface area contributed by atoms with Gasteiger partial charge in [0.25, 0.3) is 0 Å². The monoisotopic (exact) mass is 235 g/mol. The second-order valence-electron chi connectivity index (χ2n) is 3.27. The van der Waals surface area contributed by atoms with Gasteiger partial charge in [0.05, 0.1) is 6.61 Å². The maximum Gasteiger partial charge on any atom is 0.404 e. The van der Waals surface area contributed by atoms with E-state index in [0.29, 0.717) is 19.8 Å². The van der Waals surface area contributed by atoms with Crippen molar-refractivity contribution in [1.29, 1.82) is 0 Å². The summed E-state index contributed by atoms with van der Waals surface area (Å²) in [6.45, 7) is 7.55. The van der Waals surface area contributed by atoms with E-state index >= 15 is 0 Å². The summed E-state index contributed by atoms with van der Waals surface area (Å²) in [6, 6.07) is 0.808. The van der Waals surface area contributed by atoms with Crippen molar-refractivity contribution in [2.45, 2.75) is 32.9 Å². The van der Waals surface area contributed by atoms with Crippen LogP contribution < -0.4 is 5.73 Å². The zero-order valence-electron chi connectivity index (χ0n) is 9.75. The van der Waals surface area contributed by atoms with Crippen molar-refractivity contribution < 1.29 is 18.4 Å². The van der Waals surface area contributed by atoms with Crippen molar-refractivity contribution in [3.8, 4) is 0 Å². The van der Waals surface area contributed by atoms with Gasteiger partial charge in [-0.15, -0.1) is 0 Å². The number of nitrogens with two attached hydrogens (primary N) is 1. The molecule has 0 aromatic carbocycles. The molecule has 6 heteroatoms. The highest BCUT2D eigenvalue weighted by molar-refractivity contribution is 6.66. The summed E-state index contributed by atoms with van der Waals surface area (Å²) < 4.78 is 15.9. The van der Waals surface area contributed by atoms with E-state index in [1.165, 1.54) is 0 Å². The molecule has 0 atom stereocenters. The zero-order valence-corrected chi connectivity index (χ0v) is 10.7. The van der Waals surface area contributed by atoms with Gasteiger partial charge in [0, 0.05) is 13.2 Å². The Kier molecular flexibility index (Phi) is 7.36. The fourth-order valence-corrected chi connectivity index (χ4v) is 3.74. The fourth-order valence-electron chi connectivity index (χ4n) is 1.36. The van der Waals surface area contributed by atoms with Crippen LogP contribution in [0.15, 0.2) is 0 Å². The predicted molar refractivity (Wildman–Crippen MR) is 59.8 cm³/mol. The van der Waals surface area contributed by atoms with Crippen molar-refractivity contribution in [3.05, 3.63) is 0 Å². The van der Waals surface area contributed by atoms with E-state index in [4.69, 9.17) is 14.6 Å². The first-order valence-electron chi connectivity index (χ1n) is 5.24. The molecule has 90 valence electrons. The fraction of sp³-hybridized carbons (Fsp3) is 0.889. The molecule has 0 saturated heterocycles. The first-order valence-corrected chi connectivity index (χ1v) is 7.76. The molecule has 0 aliphatic heterocycles. The Morgan fingerprint density at radius 3 is 2.20 bits per heavy atom. The number of ether oxygens (including phenoxy) is 1. The van der Waals surface area contributed by atoms with Crippen molar-refractivity contribution in [2.75, 3.05) is 19.8 Å².